The van der Waals surface area contributed by atoms with Crippen LogP contribution >= 0.6 is 0 Å². The average Bonchev–Trinajstić information content (AvgIpc) is 2.87. The smallest absolute Gasteiger partial charge is 0.207 e. The van der Waals surface area contributed by atoms with Crippen LogP contribution in [0.15, 0.2) is 53.7 Å². The summed E-state index contributed by atoms with van der Waals surface area (Å²) < 4.78 is 5.21. The summed E-state index contributed by atoms with van der Waals surface area (Å²) in [4.78, 5) is 5.76. The molecular weight excluding hydrogens is 276 g/mol. The second-order valence-electron chi connectivity index (χ2n) is 6.04. The molecule has 0 bridgehead atoms. The van der Waals surface area contributed by atoms with Gasteiger partial charge in [0.15, 0.2) is 0 Å². The van der Waals surface area contributed by atoms with Gasteiger partial charge in [-0.2, -0.15) is 0 Å². The lowest BCUT2D eigenvalue weighted by Crippen LogP contribution is -2.42. The predicted octanol–water partition coefficient (Wildman–Crippen LogP) is 3.53. The minimum absolute atomic E-state index is 0.104. The van der Waals surface area contributed by atoms with Crippen LogP contribution in [0.3, 0.4) is 0 Å². The number of oxime groups is 1. The Bertz CT molecular complexity index is 739. The summed E-state index contributed by atoms with van der Waals surface area (Å²) in [7, 11) is 1.67. The molecule has 4 heteroatoms. The number of ether oxygens (including phenoxy) is 1. The number of fused-ring (bicyclic) bond motifs is 3. The van der Waals surface area contributed by atoms with Crippen molar-refractivity contribution < 1.29 is 9.57 Å². The lowest BCUT2D eigenvalue weighted by molar-refractivity contribution is 0.0203. The summed E-state index contributed by atoms with van der Waals surface area (Å²) in [6, 6.07) is 16.3. The van der Waals surface area contributed by atoms with Gasteiger partial charge in [-0.3, -0.25) is 0 Å². The zero-order valence-corrected chi connectivity index (χ0v) is 12.7. The Morgan fingerprint density at radius 3 is 2.73 bits per heavy atom. The van der Waals surface area contributed by atoms with E-state index in [0.717, 1.165) is 29.1 Å². The van der Waals surface area contributed by atoms with E-state index in [1.54, 1.807) is 7.11 Å². The number of nitrogens with one attached hydrogen (secondary N) is 1. The summed E-state index contributed by atoms with van der Waals surface area (Å²) in [6.07, 6.45) is 0.737. The minimum atomic E-state index is -0.105. The molecule has 0 saturated heterocycles. The molecule has 4 nitrogen and oxygen atoms in total. The third-order valence-corrected chi connectivity index (χ3v) is 4.63. The van der Waals surface area contributed by atoms with Crippen LogP contribution in [-0.2, 0) is 10.3 Å². The van der Waals surface area contributed by atoms with Gasteiger partial charge in [0.1, 0.15) is 5.75 Å². The fraction of sp³-hybridized carbons (Fsp3) is 0.278. The molecule has 2 aromatic rings. The van der Waals surface area contributed by atoms with Crippen molar-refractivity contribution in [3.8, 4) is 5.75 Å². The first-order chi connectivity index (χ1) is 10.7. The fourth-order valence-corrected chi connectivity index (χ4v) is 3.31. The number of nitrogens with zero attached hydrogens (tertiary/aromatic N) is 1. The van der Waals surface area contributed by atoms with Crippen molar-refractivity contribution in [3.05, 3.63) is 59.7 Å². The van der Waals surface area contributed by atoms with Crippen molar-refractivity contribution in [1.29, 1.82) is 0 Å². The van der Waals surface area contributed by atoms with Crippen LogP contribution < -0.4 is 10.1 Å². The zero-order chi connectivity index (χ0) is 15.2. The molecule has 1 N–H and O–H groups in total. The molecule has 2 atom stereocenters. The molecule has 2 unspecified atom stereocenters. The van der Waals surface area contributed by atoms with E-state index in [2.05, 4.69) is 35.6 Å². The third kappa shape index (κ3) is 1.87. The van der Waals surface area contributed by atoms with Crippen molar-refractivity contribution in [2.45, 2.75) is 25.0 Å². The van der Waals surface area contributed by atoms with Gasteiger partial charge in [-0.05, 0) is 48.4 Å². The first kappa shape index (κ1) is 13.2. The number of benzene rings is 2. The van der Waals surface area contributed by atoms with Gasteiger partial charge in [0.25, 0.3) is 0 Å². The zero-order valence-electron chi connectivity index (χ0n) is 12.7. The SMILES string of the molecule is COc1ccc(C2=NOC3Nc4ccccc4C3(C)C2)cc1. The van der Waals surface area contributed by atoms with E-state index in [1.165, 1.54) is 5.56 Å². The van der Waals surface area contributed by atoms with Crippen molar-refractivity contribution in [2.24, 2.45) is 5.16 Å². The maximum Gasteiger partial charge on any atom is 0.207 e. The molecule has 0 radical (unpaired) electrons. The molecule has 2 aliphatic rings. The molecule has 0 aliphatic carbocycles. The molecule has 2 aromatic carbocycles. The number of methoxy groups -OCH3 is 1. The Balaban J connectivity index is 1.68. The Hall–Kier alpha value is -2.49. The van der Waals surface area contributed by atoms with Crippen LogP contribution in [0.1, 0.15) is 24.5 Å². The van der Waals surface area contributed by atoms with Crippen molar-refractivity contribution in [3.63, 3.8) is 0 Å². The molecule has 0 aromatic heterocycles. The van der Waals surface area contributed by atoms with Crippen LogP contribution in [0, 0.1) is 0 Å². The van der Waals surface area contributed by atoms with Gasteiger partial charge in [0, 0.05) is 12.1 Å². The number of hydrogen-bond acceptors (Lipinski definition) is 4. The molecule has 0 spiro atoms. The first-order valence-electron chi connectivity index (χ1n) is 7.44. The van der Waals surface area contributed by atoms with Crippen LogP contribution in [-0.4, -0.2) is 19.0 Å². The molecule has 112 valence electrons. The highest BCUT2D eigenvalue weighted by Crippen LogP contribution is 2.46. The Labute approximate surface area is 129 Å². The highest BCUT2D eigenvalue weighted by atomic mass is 16.7. The van der Waals surface area contributed by atoms with E-state index in [1.807, 2.05) is 30.3 Å². The summed E-state index contributed by atoms with van der Waals surface area (Å²) in [6.45, 7) is 2.23. The molecule has 4 rings (SSSR count). The third-order valence-electron chi connectivity index (χ3n) is 4.63. The van der Waals surface area contributed by atoms with Gasteiger partial charge in [-0.25, -0.2) is 0 Å². The Kier molecular flexibility index (Phi) is 2.86. The van der Waals surface area contributed by atoms with E-state index in [-0.39, 0.29) is 11.6 Å². The second-order valence-corrected chi connectivity index (χ2v) is 6.04. The summed E-state index contributed by atoms with van der Waals surface area (Å²) in [5, 5.41) is 7.76. The van der Waals surface area contributed by atoms with Crippen molar-refractivity contribution in [1.82, 2.24) is 0 Å². The lowest BCUT2D eigenvalue weighted by Gasteiger charge is -2.34. The van der Waals surface area contributed by atoms with Gasteiger partial charge in [0.2, 0.25) is 6.23 Å². The molecule has 2 heterocycles. The monoisotopic (exact) mass is 294 g/mol. The topological polar surface area (TPSA) is 42.9 Å². The highest BCUT2D eigenvalue weighted by molar-refractivity contribution is 6.02. The normalized spacial score (nSPS) is 25.4. The minimum Gasteiger partial charge on any atom is -0.497 e. The number of rotatable bonds is 2. The number of para-hydroxylation sites is 1. The summed E-state index contributed by atoms with van der Waals surface area (Å²) >= 11 is 0. The van der Waals surface area contributed by atoms with Crippen LogP contribution in [0.25, 0.3) is 0 Å². The van der Waals surface area contributed by atoms with Crippen LogP contribution in [0.2, 0.25) is 0 Å². The molecule has 22 heavy (non-hydrogen) atoms. The predicted molar refractivity (Wildman–Crippen MR) is 86.4 cm³/mol. The van der Waals surface area contributed by atoms with Gasteiger partial charge >= 0.3 is 0 Å². The maximum atomic E-state index is 5.76. The lowest BCUT2D eigenvalue weighted by atomic mass is 9.77. The molecular formula is C18H18N2O2. The molecule has 0 fully saturated rings. The fourth-order valence-electron chi connectivity index (χ4n) is 3.31. The Morgan fingerprint density at radius 1 is 1.18 bits per heavy atom. The first-order valence-corrected chi connectivity index (χ1v) is 7.44. The van der Waals surface area contributed by atoms with Crippen LogP contribution in [0.4, 0.5) is 5.69 Å². The van der Waals surface area contributed by atoms with Gasteiger partial charge in [-0.1, -0.05) is 23.4 Å². The van der Waals surface area contributed by atoms with Gasteiger partial charge < -0.3 is 14.9 Å². The van der Waals surface area contributed by atoms with E-state index in [9.17, 15) is 0 Å². The van der Waals surface area contributed by atoms with Crippen molar-refractivity contribution in [2.75, 3.05) is 12.4 Å². The molecule has 0 saturated carbocycles. The largest absolute Gasteiger partial charge is 0.497 e. The second kappa shape index (κ2) is 4.77. The summed E-state index contributed by atoms with van der Waals surface area (Å²) in [5.74, 6) is 0.845. The maximum absolute atomic E-state index is 5.76. The molecule has 0 amide bonds. The molecule has 2 aliphatic heterocycles. The van der Waals surface area contributed by atoms with E-state index < -0.39 is 0 Å². The van der Waals surface area contributed by atoms with Crippen LogP contribution in [0.5, 0.6) is 5.75 Å². The quantitative estimate of drug-likeness (QED) is 0.921. The number of anilines is 1. The summed E-state index contributed by atoms with van der Waals surface area (Å²) in [5.41, 5.74) is 4.38. The van der Waals surface area contributed by atoms with E-state index >= 15 is 0 Å². The van der Waals surface area contributed by atoms with Gasteiger partial charge in [-0.15, -0.1) is 0 Å². The highest BCUT2D eigenvalue weighted by Gasteiger charge is 2.48. The van der Waals surface area contributed by atoms with Crippen molar-refractivity contribution >= 4 is 11.4 Å². The number of hydrogen-bond donors (Lipinski definition) is 1. The Morgan fingerprint density at radius 2 is 1.95 bits per heavy atom. The van der Waals surface area contributed by atoms with E-state index in [0.29, 0.717) is 0 Å². The van der Waals surface area contributed by atoms with Gasteiger partial charge in [0.05, 0.1) is 18.2 Å². The average molecular weight is 294 g/mol. The standard InChI is InChI=1S/C18H18N2O2/c1-18-11-16(12-7-9-13(21-2)10-8-12)20-22-17(18)19-15-6-4-3-5-14(15)18/h3-10,17,19H,11H2,1-2H3. The van der Waals surface area contributed by atoms with E-state index in [4.69, 9.17) is 9.57 Å².